The number of rotatable bonds is 3. The van der Waals surface area contributed by atoms with Crippen LogP contribution in [0.1, 0.15) is 24.8 Å². The number of hydrogen-bond acceptors (Lipinski definition) is 5. The summed E-state index contributed by atoms with van der Waals surface area (Å²) in [6, 6.07) is 3.68. The minimum Gasteiger partial charge on any atom is -0.386 e. The second-order valence-corrected chi connectivity index (χ2v) is 6.74. The van der Waals surface area contributed by atoms with Gasteiger partial charge in [0.25, 0.3) is 5.91 Å². The van der Waals surface area contributed by atoms with Crippen molar-refractivity contribution < 1.29 is 14.4 Å². The average Bonchev–Trinajstić information content (AvgIpc) is 3.03. The molecule has 1 fully saturated rings. The Balaban J connectivity index is 1.56. The van der Waals surface area contributed by atoms with Crippen molar-refractivity contribution in [3.63, 3.8) is 0 Å². The number of aromatic nitrogens is 1. The normalized spacial score (nSPS) is 22.3. The zero-order valence-electron chi connectivity index (χ0n) is 14.6. The molecule has 2 aliphatic heterocycles. The summed E-state index contributed by atoms with van der Waals surface area (Å²) in [5.41, 5.74) is 0.721. The molecular formula is C17H23N5O3. The Bertz CT molecular complexity index is 676. The summed E-state index contributed by atoms with van der Waals surface area (Å²) in [4.78, 5) is 37.5. The third-order valence-corrected chi connectivity index (χ3v) is 4.47. The van der Waals surface area contributed by atoms with E-state index in [9.17, 15) is 9.59 Å². The molecule has 0 bridgehead atoms. The van der Waals surface area contributed by atoms with Crippen LogP contribution < -0.4 is 5.32 Å². The fourth-order valence-electron chi connectivity index (χ4n) is 3.19. The van der Waals surface area contributed by atoms with Crippen LogP contribution in [0.5, 0.6) is 0 Å². The van der Waals surface area contributed by atoms with Crippen LogP contribution in [0.2, 0.25) is 0 Å². The number of oxime groups is 1. The van der Waals surface area contributed by atoms with Crippen LogP contribution in [0.4, 0.5) is 4.79 Å². The van der Waals surface area contributed by atoms with Crippen LogP contribution in [0.3, 0.4) is 0 Å². The third-order valence-electron chi connectivity index (χ3n) is 4.47. The van der Waals surface area contributed by atoms with Crippen LogP contribution in [0, 0.1) is 0 Å². The Kier molecular flexibility index (Phi) is 4.87. The molecule has 0 radical (unpaired) electrons. The van der Waals surface area contributed by atoms with Crippen LogP contribution >= 0.6 is 0 Å². The van der Waals surface area contributed by atoms with Crippen molar-refractivity contribution in [1.82, 2.24) is 20.1 Å². The summed E-state index contributed by atoms with van der Waals surface area (Å²) in [5.74, 6) is -0.239. The van der Waals surface area contributed by atoms with Gasteiger partial charge in [0.05, 0.1) is 6.54 Å². The summed E-state index contributed by atoms with van der Waals surface area (Å²) in [7, 11) is 3.46. The maximum absolute atomic E-state index is 12.3. The fraction of sp³-hybridized carbons (Fsp3) is 0.529. The monoisotopic (exact) mass is 345 g/mol. The van der Waals surface area contributed by atoms with Gasteiger partial charge in [0, 0.05) is 46.0 Å². The van der Waals surface area contributed by atoms with Gasteiger partial charge in [0.2, 0.25) is 0 Å². The number of carbonyl (C=O) groups excluding carboxylic acids is 2. The molecule has 3 amide bonds. The van der Waals surface area contributed by atoms with Crippen LogP contribution in [-0.2, 0) is 16.2 Å². The van der Waals surface area contributed by atoms with Gasteiger partial charge in [0.1, 0.15) is 5.71 Å². The zero-order chi connectivity index (χ0) is 17.9. The van der Waals surface area contributed by atoms with Crippen LogP contribution in [-0.4, -0.2) is 65.2 Å². The maximum atomic E-state index is 12.3. The topological polar surface area (TPSA) is 87.1 Å². The van der Waals surface area contributed by atoms with E-state index in [2.05, 4.69) is 15.5 Å². The molecule has 1 saturated heterocycles. The van der Waals surface area contributed by atoms with Gasteiger partial charge >= 0.3 is 6.03 Å². The van der Waals surface area contributed by atoms with Crippen molar-refractivity contribution in [3.8, 4) is 0 Å². The number of nitrogens with one attached hydrogen (secondary N) is 1. The Morgan fingerprint density at radius 1 is 1.44 bits per heavy atom. The first-order valence-corrected chi connectivity index (χ1v) is 8.37. The Morgan fingerprint density at radius 3 is 3.00 bits per heavy atom. The first-order valence-electron chi connectivity index (χ1n) is 8.37. The molecule has 1 N–H and O–H groups in total. The van der Waals surface area contributed by atoms with Gasteiger partial charge in [0.15, 0.2) is 5.60 Å². The first kappa shape index (κ1) is 17.2. The number of hydrogen-bond donors (Lipinski definition) is 1. The summed E-state index contributed by atoms with van der Waals surface area (Å²) < 4.78 is 0. The fourth-order valence-corrected chi connectivity index (χ4v) is 3.19. The van der Waals surface area contributed by atoms with Crippen molar-refractivity contribution in [1.29, 1.82) is 0 Å². The van der Waals surface area contributed by atoms with E-state index >= 15 is 0 Å². The number of likely N-dealkylation sites (tertiary alicyclic amines) is 1. The lowest BCUT2D eigenvalue weighted by Gasteiger charge is -2.39. The molecule has 0 aromatic carbocycles. The minimum absolute atomic E-state index is 0.0443. The van der Waals surface area contributed by atoms with Gasteiger partial charge < -0.3 is 20.0 Å². The number of amides is 3. The summed E-state index contributed by atoms with van der Waals surface area (Å²) in [6.45, 7) is 1.54. The molecule has 3 rings (SSSR count). The minimum atomic E-state index is -0.578. The second kappa shape index (κ2) is 7.08. The smallest absolute Gasteiger partial charge is 0.319 e. The van der Waals surface area contributed by atoms with Crippen molar-refractivity contribution in [2.24, 2.45) is 5.16 Å². The van der Waals surface area contributed by atoms with E-state index < -0.39 is 5.60 Å². The molecule has 2 aliphatic rings. The van der Waals surface area contributed by atoms with Gasteiger partial charge in [-0.3, -0.25) is 9.78 Å². The Hall–Kier alpha value is -2.64. The lowest BCUT2D eigenvalue weighted by molar-refractivity contribution is -0.115. The van der Waals surface area contributed by atoms with E-state index in [-0.39, 0.29) is 11.9 Å². The van der Waals surface area contributed by atoms with Crippen LogP contribution in [0.15, 0.2) is 29.7 Å². The first-order chi connectivity index (χ1) is 12.0. The number of carbonyl (C=O) groups is 2. The number of piperidine rings is 1. The lowest BCUT2D eigenvalue weighted by Crippen LogP contribution is -2.53. The van der Waals surface area contributed by atoms with Crippen LogP contribution in [0.25, 0.3) is 0 Å². The molecule has 8 nitrogen and oxygen atoms in total. The molecule has 1 aromatic rings. The molecule has 1 spiro atoms. The molecule has 0 aliphatic carbocycles. The zero-order valence-corrected chi connectivity index (χ0v) is 14.6. The van der Waals surface area contributed by atoms with Crippen molar-refractivity contribution >= 4 is 17.6 Å². The maximum Gasteiger partial charge on any atom is 0.319 e. The van der Waals surface area contributed by atoms with Crippen molar-refractivity contribution in [2.75, 3.05) is 27.2 Å². The van der Waals surface area contributed by atoms with E-state index in [0.717, 1.165) is 18.4 Å². The summed E-state index contributed by atoms with van der Waals surface area (Å²) in [6.07, 6.45) is 5.43. The highest BCUT2D eigenvalue weighted by molar-refractivity contribution is 6.39. The van der Waals surface area contributed by atoms with E-state index in [4.69, 9.17) is 4.84 Å². The van der Waals surface area contributed by atoms with Gasteiger partial charge in [-0.1, -0.05) is 11.2 Å². The van der Waals surface area contributed by atoms with E-state index in [1.165, 1.54) is 0 Å². The van der Waals surface area contributed by atoms with E-state index in [1.807, 2.05) is 12.1 Å². The molecule has 25 heavy (non-hydrogen) atoms. The molecule has 1 atom stereocenters. The lowest BCUT2D eigenvalue weighted by atomic mass is 9.88. The van der Waals surface area contributed by atoms with Crippen molar-refractivity contribution in [3.05, 3.63) is 30.1 Å². The molecule has 1 aromatic heterocycles. The Labute approximate surface area is 146 Å². The third kappa shape index (κ3) is 3.89. The molecule has 1 unspecified atom stereocenters. The SMILES string of the molecule is CN(C)C(=O)N1CCCC2(CC(C(=O)NCc3cccnc3)=NO2)C1. The molecule has 3 heterocycles. The predicted octanol–water partition coefficient (Wildman–Crippen LogP) is 0.990. The van der Waals surface area contributed by atoms with E-state index in [0.29, 0.717) is 31.8 Å². The predicted molar refractivity (Wildman–Crippen MR) is 91.8 cm³/mol. The number of pyridine rings is 1. The molecule has 8 heteroatoms. The largest absolute Gasteiger partial charge is 0.386 e. The van der Waals surface area contributed by atoms with E-state index in [1.54, 1.807) is 36.3 Å². The van der Waals surface area contributed by atoms with Gasteiger partial charge in [-0.25, -0.2) is 4.79 Å². The number of nitrogens with zero attached hydrogens (tertiary/aromatic N) is 4. The van der Waals surface area contributed by atoms with Gasteiger partial charge in [-0.05, 0) is 24.5 Å². The Morgan fingerprint density at radius 2 is 2.28 bits per heavy atom. The number of urea groups is 1. The summed E-state index contributed by atoms with van der Waals surface area (Å²) >= 11 is 0. The summed E-state index contributed by atoms with van der Waals surface area (Å²) in [5, 5.41) is 6.84. The highest BCUT2D eigenvalue weighted by atomic mass is 16.7. The van der Waals surface area contributed by atoms with Gasteiger partial charge in [-0.2, -0.15) is 0 Å². The quantitative estimate of drug-likeness (QED) is 0.885. The molecular weight excluding hydrogens is 322 g/mol. The van der Waals surface area contributed by atoms with Crippen molar-refractivity contribution in [2.45, 2.75) is 31.4 Å². The highest BCUT2D eigenvalue weighted by Crippen LogP contribution is 2.33. The van der Waals surface area contributed by atoms with Gasteiger partial charge in [-0.15, -0.1) is 0 Å². The second-order valence-electron chi connectivity index (χ2n) is 6.74. The average molecular weight is 345 g/mol. The molecule has 0 saturated carbocycles. The highest BCUT2D eigenvalue weighted by Gasteiger charge is 2.45. The standard InChI is InChI=1S/C17H23N5O3/c1-21(2)16(24)22-8-4-6-17(12-22)9-14(20-25-17)15(23)19-11-13-5-3-7-18-10-13/h3,5,7,10H,4,6,8-9,11-12H2,1-2H3,(H,19,23). The molecule has 134 valence electrons.